The van der Waals surface area contributed by atoms with E-state index in [1.807, 2.05) is 32.0 Å². The van der Waals surface area contributed by atoms with Crippen molar-refractivity contribution in [3.63, 3.8) is 0 Å². The lowest BCUT2D eigenvalue weighted by Gasteiger charge is -2.16. The predicted octanol–water partition coefficient (Wildman–Crippen LogP) is 1.48. The normalized spacial score (nSPS) is 12.1. The van der Waals surface area contributed by atoms with Gasteiger partial charge in [0.2, 0.25) is 0 Å². The molecule has 1 amide bonds. The van der Waals surface area contributed by atoms with E-state index in [1.54, 1.807) is 14.1 Å². The number of hydrogen-bond acceptors (Lipinski definition) is 3. The molecule has 17 heavy (non-hydrogen) atoms. The van der Waals surface area contributed by atoms with Gasteiger partial charge in [0.05, 0.1) is 0 Å². The molecule has 0 spiro atoms. The molecule has 1 aromatic carbocycles. The number of aryl methyl sites for hydroxylation is 1. The van der Waals surface area contributed by atoms with Gasteiger partial charge < -0.3 is 15.4 Å². The van der Waals surface area contributed by atoms with Crippen molar-refractivity contribution in [3.8, 4) is 5.75 Å². The number of carbonyl (C=O) groups is 1. The Balaban J connectivity index is 2.80. The van der Waals surface area contributed by atoms with E-state index in [2.05, 4.69) is 0 Å². The van der Waals surface area contributed by atoms with Crippen LogP contribution in [0.2, 0.25) is 0 Å². The fourth-order valence-corrected chi connectivity index (χ4v) is 1.42. The zero-order chi connectivity index (χ0) is 13.0. The minimum Gasteiger partial charge on any atom is -0.483 e. The van der Waals surface area contributed by atoms with E-state index in [0.29, 0.717) is 5.75 Å². The topological polar surface area (TPSA) is 55.6 Å². The van der Waals surface area contributed by atoms with Gasteiger partial charge in [-0.3, -0.25) is 4.79 Å². The van der Waals surface area contributed by atoms with Crippen molar-refractivity contribution in [1.29, 1.82) is 0 Å². The molecule has 0 radical (unpaired) electrons. The first kappa shape index (κ1) is 13.5. The molecule has 0 unspecified atom stereocenters. The van der Waals surface area contributed by atoms with E-state index in [-0.39, 0.29) is 18.6 Å². The van der Waals surface area contributed by atoms with Gasteiger partial charge in [0, 0.05) is 25.7 Å². The van der Waals surface area contributed by atoms with E-state index in [1.165, 1.54) is 4.90 Å². The Morgan fingerprint density at radius 1 is 1.47 bits per heavy atom. The monoisotopic (exact) mass is 236 g/mol. The number of amides is 1. The van der Waals surface area contributed by atoms with E-state index in [9.17, 15) is 4.79 Å². The van der Waals surface area contributed by atoms with Crippen LogP contribution < -0.4 is 10.5 Å². The van der Waals surface area contributed by atoms with Crippen LogP contribution in [-0.4, -0.2) is 31.5 Å². The third-order valence-electron chi connectivity index (χ3n) is 2.51. The van der Waals surface area contributed by atoms with Crippen molar-refractivity contribution in [3.05, 3.63) is 29.3 Å². The molecule has 0 saturated carbocycles. The Hall–Kier alpha value is -1.55. The summed E-state index contributed by atoms with van der Waals surface area (Å²) in [6.07, 6.45) is 0. The number of nitrogens with two attached hydrogens (primary N) is 1. The number of rotatable bonds is 4. The first-order valence-electron chi connectivity index (χ1n) is 5.61. The number of nitrogens with zero attached hydrogens (tertiary/aromatic N) is 1. The molecule has 0 aliphatic rings. The van der Waals surface area contributed by atoms with Gasteiger partial charge in [0.25, 0.3) is 5.91 Å². The van der Waals surface area contributed by atoms with Gasteiger partial charge in [-0.15, -0.1) is 0 Å². The number of likely N-dealkylation sites (N-methyl/N-ethyl adjacent to an activating group) is 1. The molecule has 1 rings (SSSR count). The van der Waals surface area contributed by atoms with E-state index < -0.39 is 0 Å². The number of carbonyl (C=O) groups excluding carboxylic acids is 1. The summed E-state index contributed by atoms with van der Waals surface area (Å²) in [5.74, 6) is 0.613. The van der Waals surface area contributed by atoms with Crippen LogP contribution in [-0.2, 0) is 4.79 Å². The van der Waals surface area contributed by atoms with Crippen LogP contribution in [0.15, 0.2) is 18.2 Å². The summed E-state index contributed by atoms with van der Waals surface area (Å²) in [4.78, 5) is 12.9. The zero-order valence-corrected chi connectivity index (χ0v) is 10.9. The highest BCUT2D eigenvalue weighted by molar-refractivity contribution is 5.77. The van der Waals surface area contributed by atoms with Crippen molar-refractivity contribution >= 4 is 5.91 Å². The van der Waals surface area contributed by atoms with Gasteiger partial charge in [0.1, 0.15) is 5.75 Å². The Bertz CT molecular complexity index is 400. The van der Waals surface area contributed by atoms with Crippen LogP contribution >= 0.6 is 0 Å². The average molecular weight is 236 g/mol. The fraction of sp³-hybridized carbons (Fsp3) is 0.462. The molecule has 0 fully saturated rings. The van der Waals surface area contributed by atoms with E-state index in [0.717, 1.165) is 11.1 Å². The van der Waals surface area contributed by atoms with Gasteiger partial charge in [-0.05, 0) is 19.9 Å². The molecule has 0 aromatic heterocycles. The molecule has 2 N–H and O–H groups in total. The van der Waals surface area contributed by atoms with Crippen LogP contribution in [0.5, 0.6) is 5.75 Å². The summed E-state index contributed by atoms with van der Waals surface area (Å²) >= 11 is 0. The minimum atomic E-state index is -0.112. The molecule has 0 aliphatic carbocycles. The zero-order valence-electron chi connectivity index (χ0n) is 10.9. The number of hydrogen-bond donors (Lipinski definition) is 1. The molecule has 0 bridgehead atoms. The van der Waals surface area contributed by atoms with Crippen molar-refractivity contribution in [1.82, 2.24) is 4.90 Å². The lowest BCUT2D eigenvalue weighted by atomic mass is 10.1. The lowest BCUT2D eigenvalue weighted by molar-refractivity contribution is -0.130. The standard InChI is InChI=1S/C13H20N2O2/c1-9-5-6-12(11(7-9)10(2)14)17-8-13(16)15(3)4/h5-7,10H,8,14H2,1-4H3/t10-/m1/s1. The molecule has 0 aliphatic heterocycles. The van der Waals surface area contributed by atoms with Crippen LogP contribution in [0.4, 0.5) is 0 Å². The maximum atomic E-state index is 11.4. The van der Waals surface area contributed by atoms with Gasteiger partial charge >= 0.3 is 0 Å². The highest BCUT2D eigenvalue weighted by atomic mass is 16.5. The summed E-state index contributed by atoms with van der Waals surface area (Å²) in [6, 6.07) is 5.68. The molecular formula is C13H20N2O2. The maximum Gasteiger partial charge on any atom is 0.259 e. The largest absolute Gasteiger partial charge is 0.483 e. The predicted molar refractivity (Wildman–Crippen MR) is 68.0 cm³/mol. The summed E-state index contributed by atoms with van der Waals surface area (Å²) in [6.45, 7) is 3.94. The summed E-state index contributed by atoms with van der Waals surface area (Å²) in [5.41, 5.74) is 7.93. The Morgan fingerprint density at radius 3 is 2.65 bits per heavy atom. The molecule has 1 atom stereocenters. The quantitative estimate of drug-likeness (QED) is 0.861. The molecule has 0 heterocycles. The second kappa shape index (κ2) is 5.68. The van der Waals surface area contributed by atoms with E-state index >= 15 is 0 Å². The van der Waals surface area contributed by atoms with Crippen molar-refractivity contribution in [2.45, 2.75) is 19.9 Å². The van der Waals surface area contributed by atoms with Crippen molar-refractivity contribution in [2.24, 2.45) is 5.73 Å². The van der Waals surface area contributed by atoms with Crippen LogP contribution in [0.3, 0.4) is 0 Å². The molecule has 0 saturated heterocycles. The van der Waals surface area contributed by atoms with Gasteiger partial charge in [0.15, 0.2) is 6.61 Å². The van der Waals surface area contributed by atoms with Crippen molar-refractivity contribution < 1.29 is 9.53 Å². The first-order chi connectivity index (χ1) is 7.91. The Labute approximate surface area is 102 Å². The fourth-order valence-electron chi connectivity index (χ4n) is 1.42. The third kappa shape index (κ3) is 3.75. The van der Waals surface area contributed by atoms with Crippen LogP contribution in [0.1, 0.15) is 24.1 Å². The van der Waals surface area contributed by atoms with E-state index in [4.69, 9.17) is 10.5 Å². The molecule has 4 heteroatoms. The maximum absolute atomic E-state index is 11.4. The van der Waals surface area contributed by atoms with Crippen LogP contribution in [0, 0.1) is 6.92 Å². The first-order valence-corrected chi connectivity index (χ1v) is 5.61. The Morgan fingerprint density at radius 2 is 2.12 bits per heavy atom. The second-order valence-electron chi connectivity index (χ2n) is 4.41. The summed E-state index contributed by atoms with van der Waals surface area (Å²) in [7, 11) is 3.40. The third-order valence-corrected chi connectivity index (χ3v) is 2.51. The highest BCUT2D eigenvalue weighted by Crippen LogP contribution is 2.24. The smallest absolute Gasteiger partial charge is 0.259 e. The average Bonchev–Trinajstić information content (AvgIpc) is 2.26. The summed E-state index contributed by atoms with van der Waals surface area (Å²) in [5, 5.41) is 0. The molecule has 4 nitrogen and oxygen atoms in total. The highest BCUT2D eigenvalue weighted by Gasteiger charge is 2.11. The number of ether oxygens (including phenoxy) is 1. The second-order valence-corrected chi connectivity index (χ2v) is 4.41. The number of benzene rings is 1. The SMILES string of the molecule is Cc1ccc(OCC(=O)N(C)C)c([C@@H](C)N)c1. The molecule has 94 valence electrons. The minimum absolute atomic E-state index is 0.0375. The Kier molecular flexibility index (Phi) is 4.52. The van der Waals surface area contributed by atoms with Crippen LogP contribution in [0.25, 0.3) is 0 Å². The summed E-state index contributed by atoms with van der Waals surface area (Å²) < 4.78 is 5.51. The molecule has 1 aromatic rings. The lowest BCUT2D eigenvalue weighted by Crippen LogP contribution is -2.27. The van der Waals surface area contributed by atoms with Gasteiger partial charge in [-0.1, -0.05) is 17.7 Å². The van der Waals surface area contributed by atoms with Gasteiger partial charge in [-0.2, -0.15) is 0 Å². The van der Waals surface area contributed by atoms with Gasteiger partial charge in [-0.25, -0.2) is 0 Å². The van der Waals surface area contributed by atoms with Crippen molar-refractivity contribution in [2.75, 3.05) is 20.7 Å². The molecular weight excluding hydrogens is 216 g/mol.